The van der Waals surface area contributed by atoms with Crippen LogP contribution in [-0.2, 0) is 4.74 Å². The quantitative estimate of drug-likeness (QED) is 0.347. The van der Waals surface area contributed by atoms with E-state index in [4.69, 9.17) is 4.74 Å². The van der Waals surface area contributed by atoms with Gasteiger partial charge in [0.25, 0.3) is 5.91 Å². The van der Waals surface area contributed by atoms with Crippen molar-refractivity contribution in [1.82, 2.24) is 14.9 Å². The Morgan fingerprint density at radius 1 is 1.25 bits per heavy atom. The molecule has 1 aliphatic rings. The number of benzene rings is 1. The number of carbonyl (C=O) groups is 1. The summed E-state index contributed by atoms with van der Waals surface area (Å²) < 4.78 is 6.04. The topological polar surface area (TPSA) is 58.0 Å². The highest BCUT2D eigenvalue weighted by Crippen LogP contribution is 2.24. The first-order valence-corrected chi connectivity index (χ1v) is 11.0. The molecule has 1 aliphatic heterocycles. The van der Waals surface area contributed by atoms with E-state index in [0.717, 1.165) is 27.7 Å². The Balaban J connectivity index is 0.00000176. The fraction of sp³-hybridized carbons (Fsp3) is 0.346. The van der Waals surface area contributed by atoms with Crippen LogP contribution in [0.3, 0.4) is 0 Å². The average molecular weight is 435 g/mol. The van der Waals surface area contributed by atoms with Crippen LogP contribution in [0.5, 0.6) is 0 Å². The molecule has 1 unspecified atom stereocenters. The predicted octanol–water partition coefficient (Wildman–Crippen LogP) is 5.40. The molecule has 0 aliphatic carbocycles. The Hall–Kier alpha value is -3.25. The maximum Gasteiger partial charge on any atom is 0.254 e. The Bertz CT molecular complexity index is 1030. The normalized spacial score (nSPS) is 16.5. The molecule has 1 amide bonds. The Labute approximate surface area is 191 Å². The van der Waals surface area contributed by atoms with E-state index in [1.165, 1.54) is 0 Å². The van der Waals surface area contributed by atoms with Crippen LogP contribution in [0.25, 0.3) is 10.8 Å². The Morgan fingerprint density at radius 3 is 2.66 bits per heavy atom. The SMILES string of the molecule is C=C(C)/C=C(/C1CN(C(=O)c2ccc3ccncc3c2)CCO1)N(/N=C\C)C(=C)C.CC. The first-order chi connectivity index (χ1) is 15.4. The lowest BCUT2D eigenvalue weighted by Gasteiger charge is -2.37. The zero-order valence-corrected chi connectivity index (χ0v) is 19.8. The lowest BCUT2D eigenvalue weighted by atomic mass is 10.1. The number of ether oxygens (including phenoxy) is 1. The highest BCUT2D eigenvalue weighted by atomic mass is 16.5. The number of fused-ring (bicyclic) bond motifs is 1. The molecule has 170 valence electrons. The summed E-state index contributed by atoms with van der Waals surface area (Å²) in [5.74, 6) is -0.0235. The van der Waals surface area contributed by atoms with Crippen molar-refractivity contribution >= 4 is 22.9 Å². The molecule has 1 atom stereocenters. The monoisotopic (exact) mass is 434 g/mol. The third kappa shape index (κ3) is 6.14. The van der Waals surface area contributed by atoms with Crippen molar-refractivity contribution in [1.29, 1.82) is 0 Å². The summed E-state index contributed by atoms with van der Waals surface area (Å²) in [6, 6.07) is 7.64. The summed E-state index contributed by atoms with van der Waals surface area (Å²) in [4.78, 5) is 19.2. The van der Waals surface area contributed by atoms with Crippen LogP contribution in [-0.4, -0.2) is 52.8 Å². The highest BCUT2D eigenvalue weighted by molar-refractivity contribution is 5.98. The van der Waals surface area contributed by atoms with Crippen LogP contribution in [0.1, 0.15) is 45.0 Å². The van der Waals surface area contributed by atoms with Crippen molar-refractivity contribution in [2.75, 3.05) is 19.7 Å². The standard InChI is InChI=1S/C24H28N4O2.C2H6/c1-6-26-28(18(4)5)22(13-17(2)3)23-16-27(11-12-30-23)24(29)20-8-7-19-9-10-25-15-21(19)14-20;1-2/h6-10,13-15,23H,2,4,11-12,16H2,1,3,5H3;1-2H3/b22-13-,26-6-;. The molecule has 3 rings (SSSR count). The molecular formula is C26H34N4O2. The number of hydrazone groups is 1. The van der Waals surface area contributed by atoms with Crippen molar-refractivity contribution in [2.45, 2.75) is 40.7 Å². The number of amides is 1. The van der Waals surface area contributed by atoms with Crippen molar-refractivity contribution in [3.05, 3.63) is 78.4 Å². The summed E-state index contributed by atoms with van der Waals surface area (Å²) in [5.41, 5.74) is 3.09. The number of rotatable bonds is 6. The number of nitrogens with zero attached hydrogens (tertiary/aromatic N) is 4. The molecule has 6 heteroatoms. The fourth-order valence-corrected chi connectivity index (χ4v) is 3.46. The third-order valence-electron chi connectivity index (χ3n) is 4.80. The van der Waals surface area contributed by atoms with Crippen LogP contribution >= 0.6 is 0 Å². The highest BCUT2D eigenvalue weighted by Gasteiger charge is 2.30. The largest absolute Gasteiger partial charge is 0.368 e. The third-order valence-corrected chi connectivity index (χ3v) is 4.80. The van der Waals surface area contributed by atoms with Crippen molar-refractivity contribution in [3.63, 3.8) is 0 Å². The van der Waals surface area contributed by atoms with Gasteiger partial charge in [0.15, 0.2) is 0 Å². The predicted molar refractivity (Wildman–Crippen MR) is 132 cm³/mol. The second-order valence-corrected chi connectivity index (χ2v) is 7.38. The van der Waals surface area contributed by atoms with Crippen LogP contribution < -0.4 is 0 Å². The number of allylic oxidation sites excluding steroid dienone is 3. The summed E-state index contributed by atoms with van der Waals surface area (Å²) >= 11 is 0. The van der Waals surface area contributed by atoms with E-state index in [2.05, 4.69) is 23.2 Å². The maximum absolute atomic E-state index is 13.2. The number of morpholine rings is 1. The number of hydrogen-bond donors (Lipinski definition) is 0. The van der Waals surface area contributed by atoms with Gasteiger partial charge in [0.05, 0.1) is 18.8 Å². The molecule has 0 N–H and O–H groups in total. The molecule has 6 nitrogen and oxygen atoms in total. The summed E-state index contributed by atoms with van der Waals surface area (Å²) in [6.07, 6.45) is 6.83. The van der Waals surface area contributed by atoms with Crippen molar-refractivity contribution in [3.8, 4) is 0 Å². The minimum absolute atomic E-state index is 0.0235. The number of carbonyl (C=O) groups excluding carboxylic acids is 1. The van der Waals surface area contributed by atoms with Crippen LogP contribution in [0.4, 0.5) is 0 Å². The Kier molecular flexibility index (Phi) is 9.35. The first kappa shape index (κ1) is 25.0. The van der Waals surface area contributed by atoms with Crippen molar-refractivity contribution < 1.29 is 9.53 Å². The summed E-state index contributed by atoms with van der Waals surface area (Å²) in [6.45, 7) is 19.1. The molecule has 2 aromatic rings. The van der Waals surface area contributed by atoms with Crippen LogP contribution in [0, 0.1) is 0 Å². The molecule has 32 heavy (non-hydrogen) atoms. The van der Waals surface area contributed by atoms with E-state index in [0.29, 0.717) is 25.3 Å². The molecule has 0 spiro atoms. The van der Waals surface area contributed by atoms with Gasteiger partial charge in [0, 0.05) is 41.8 Å². The lowest BCUT2D eigenvalue weighted by molar-refractivity contribution is -0.0137. The van der Waals surface area contributed by atoms with Gasteiger partial charge in [-0.25, -0.2) is 5.01 Å². The van der Waals surface area contributed by atoms with E-state index in [9.17, 15) is 4.79 Å². The summed E-state index contributed by atoms with van der Waals surface area (Å²) in [7, 11) is 0. The van der Waals surface area contributed by atoms with Gasteiger partial charge in [-0.05, 0) is 50.4 Å². The molecule has 1 aromatic carbocycles. The molecule has 0 radical (unpaired) electrons. The molecule has 1 fully saturated rings. The van der Waals surface area contributed by atoms with E-state index in [1.807, 2.05) is 69.9 Å². The van der Waals surface area contributed by atoms with Gasteiger partial charge < -0.3 is 9.64 Å². The van der Waals surface area contributed by atoms with E-state index in [-0.39, 0.29) is 12.0 Å². The molecule has 1 saturated heterocycles. The maximum atomic E-state index is 13.2. The number of aromatic nitrogens is 1. The fourth-order valence-electron chi connectivity index (χ4n) is 3.46. The minimum atomic E-state index is -0.332. The average Bonchev–Trinajstić information content (AvgIpc) is 2.81. The first-order valence-electron chi connectivity index (χ1n) is 11.0. The number of pyridine rings is 1. The molecule has 0 bridgehead atoms. The zero-order valence-electron chi connectivity index (χ0n) is 19.8. The molecule has 2 heterocycles. The lowest BCUT2D eigenvalue weighted by Crippen LogP contribution is -2.48. The van der Waals surface area contributed by atoms with Crippen LogP contribution in [0.15, 0.2) is 78.0 Å². The van der Waals surface area contributed by atoms with Gasteiger partial charge in [-0.1, -0.05) is 38.6 Å². The van der Waals surface area contributed by atoms with Gasteiger partial charge in [-0.2, -0.15) is 5.10 Å². The summed E-state index contributed by atoms with van der Waals surface area (Å²) in [5, 5.41) is 8.17. The van der Waals surface area contributed by atoms with Gasteiger partial charge in [0.2, 0.25) is 0 Å². The van der Waals surface area contributed by atoms with Gasteiger partial charge in [-0.3, -0.25) is 9.78 Å². The van der Waals surface area contributed by atoms with E-state index >= 15 is 0 Å². The second-order valence-electron chi connectivity index (χ2n) is 7.38. The number of hydrogen-bond acceptors (Lipinski definition) is 5. The van der Waals surface area contributed by atoms with E-state index in [1.54, 1.807) is 23.6 Å². The minimum Gasteiger partial charge on any atom is -0.368 e. The molecular weight excluding hydrogens is 400 g/mol. The van der Waals surface area contributed by atoms with E-state index < -0.39 is 0 Å². The second kappa shape index (κ2) is 12.0. The molecule has 1 aromatic heterocycles. The molecule has 0 saturated carbocycles. The Morgan fingerprint density at radius 2 is 2.00 bits per heavy atom. The van der Waals surface area contributed by atoms with Gasteiger partial charge in [0.1, 0.15) is 6.10 Å². The smallest absolute Gasteiger partial charge is 0.254 e. The van der Waals surface area contributed by atoms with Gasteiger partial charge in [-0.15, -0.1) is 0 Å². The zero-order chi connectivity index (χ0) is 23.7. The van der Waals surface area contributed by atoms with Crippen molar-refractivity contribution in [2.24, 2.45) is 5.10 Å². The van der Waals surface area contributed by atoms with Gasteiger partial charge >= 0.3 is 0 Å². The van der Waals surface area contributed by atoms with Crippen LogP contribution in [0.2, 0.25) is 0 Å².